The Bertz CT molecular complexity index is 1350. The second kappa shape index (κ2) is 7.11. The van der Waals surface area contributed by atoms with Crippen molar-refractivity contribution in [3.63, 3.8) is 0 Å². The van der Waals surface area contributed by atoms with Crippen molar-refractivity contribution < 1.29 is 4.79 Å². The number of aromatic amines is 1. The van der Waals surface area contributed by atoms with Crippen molar-refractivity contribution in [2.24, 2.45) is 14.1 Å². The van der Waals surface area contributed by atoms with E-state index < -0.39 is 0 Å². The lowest BCUT2D eigenvalue weighted by atomic mass is 10.00. The molecule has 1 saturated heterocycles. The van der Waals surface area contributed by atoms with Crippen molar-refractivity contribution in [3.8, 4) is 0 Å². The number of rotatable bonds is 2. The number of aromatic nitrogens is 4. The monoisotopic (exact) mass is 417 g/mol. The molecule has 0 radical (unpaired) electrons. The molecule has 31 heavy (non-hydrogen) atoms. The minimum absolute atomic E-state index is 0.0179. The van der Waals surface area contributed by atoms with E-state index in [4.69, 9.17) is 4.98 Å². The topological polar surface area (TPSA) is 75.9 Å². The first-order chi connectivity index (χ1) is 14.8. The Morgan fingerprint density at radius 1 is 1.03 bits per heavy atom. The summed E-state index contributed by atoms with van der Waals surface area (Å²) in [4.78, 5) is 36.0. The molecule has 3 heterocycles. The van der Waals surface area contributed by atoms with Gasteiger partial charge in [-0.2, -0.15) is 0 Å². The van der Waals surface area contributed by atoms with E-state index in [1.54, 1.807) is 23.2 Å². The highest BCUT2D eigenvalue weighted by atomic mass is 16.2. The van der Waals surface area contributed by atoms with Crippen LogP contribution in [0.15, 0.2) is 35.1 Å². The first kappa shape index (κ1) is 19.6. The lowest BCUT2D eigenvalue weighted by Crippen LogP contribution is -2.39. The summed E-state index contributed by atoms with van der Waals surface area (Å²) in [5.74, 6) is 0.831. The van der Waals surface area contributed by atoms with Crippen LogP contribution in [0.3, 0.4) is 0 Å². The molecule has 0 aliphatic carbocycles. The summed E-state index contributed by atoms with van der Waals surface area (Å²) in [6.45, 7) is 4.88. The highest BCUT2D eigenvalue weighted by Crippen LogP contribution is 2.32. The number of likely N-dealkylation sites (tertiary alicyclic amines) is 1. The van der Waals surface area contributed by atoms with Gasteiger partial charge in [0.15, 0.2) is 0 Å². The number of hydrogen-bond donors (Lipinski definition) is 1. The minimum Gasteiger partial charge on any atom is -0.340 e. The van der Waals surface area contributed by atoms with E-state index in [0.717, 1.165) is 47.2 Å². The smallest absolute Gasteiger partial charge is 0.328 e. The molecule has 1 atom stereocenters. The molecular formula is C24H27N5O2. The zero-order chi connectivity index (χ0) is 21.9. The molecule has 160 valence electrons. The fraction of sp³-hybridized carbons (Fsp3) is 0.375. The van der Waals surface area contributed by atoms with Crippen LogP contribution in [0.5, 0.6) is 0 Å². The number of nitrogens with one attached hydrogen (secondary N) is 1. The number of carbonyl (C=O) groups is 1. The molecule has 5 rings (SSSR count). The molecule has 1 aliphatic rings. The predicted molar refractivity (Wildman–Crippen MR) is 121 cm³/mol. The molecule has 0 bridgehead atoms. The van der Waals surface area contributed by atoms with E-state index in [0.29, 0.717) is 12.1 Å². The standard InChI is InChI=1S/C24H27N5O2/c1-14-11-17-18(12-15(14)2)26-22(25-17)20-7-5-6-10-29(20)23(30)16-8-9-19-21(13-16)28(4)24(31)27(19)3/h8-9,11-13,20H,5-7,10H2,1-4H3,(H,25,26)/t20-/m0/s1. The first-order valence-electron chi connectivity index (χ1n) is 10.8. The van der Waals surface area contributed by atoms with Crippen molar-refractivity contribution >= 4 is 28.0 Å². The molecule has 0 saturated carbocycles. The van der Waals surface area contributed by atoms with E-state index >= 15 is 0 Å². The number of imidazole rings is 2. The van der Waals surface area contributed by atoms with Gasteiger partial charge in [-0.05, 0) is 74.6 Å². The zero-order valence-electron chi connectivity index (χ0n) is 18.4. The fourth-order valence-corrected chi connectivity index (χ4v) is 4.71. The van der Waals surface area contributed by atoms with Crippen molar-refractivity contribution in [1.82, 2.24) is 24.0 Å². The number of fused-ring (bicyclic) bond motifs is 2. The maximum atomic E-state index is 13.5. The highest BCUT2D eigenvalue weighted by molar-refractivity contribution is 5.97. The number of carbonyl (C=O) groups excluding carboxylic acids is 1. The molecule has 1 amide bonds. The van der Waals surface area contributed by atoms with Gasteiger partial charge in [0.2, 0.25) is 0 Å². The number of hydrogen-bond acceptors (Lipinski definition) is 3. The molecule has 1 fully saturated rings. The van der Waals surface area contributed by atoms with Gasteiger partial charge >= 0.3 is 5.69 Å². The third-order valence-corrected chi connectivity index (χ3v) is 6.71. The number of piperidine rings is 1. The molecule has 2 aromatic heterocycles. The number of nitrogens with zero attached hydrogens (tertiary/aromatic N) is 4. The van der Waals surface area contributed by atoms with Crippen molar-refractivity contribution in [2.45, 2.75) is 39.2 Å². The number of aryl methyl sites for hydroxylation is 4. The van der Waals surface area contributed by atoms with Crippen molar-refractivity contribution in [1.29, 1.82) is 0 Å². The van der Waals surface area contributed by atoms with Gasteiger partial charge in [-0.1, -0.05) is 0 Å². The first-order valence-corrected chi connectivity index (χ1v) is 10.8. The Morgan fingerprint density at radius 2 is 1.77 bits per heavy atom. The SMILES string of the molecule is Cc1cc2nc([C@@H]3CCCCN3C(=O)c3ccc4c(c3)n(C)c(=O)n4C)[nH]c2cc1C. The maximum Gasteiger partial charge on any atom is 0.328 e. The number of benzene rings is 2. The van der Waals surface area contributed by atoms with Gasteiger partial charge in [-0.3, -0.25) is 13.9 Å². The number of amides is 1. The van der Waals surface area contributed by atoms with Gasteiger partial charge in [0.25, 0.3) is 5.91 Å². The van der Waals surface area contributed by atoms with Crippen LogP contribution in [0.1, 0.15) is 52.6 Å². The molecule has 1 N–H and O–H groups in total. The third kappa shape index (κ3) is 3.07. The van der Waals surface area contributed by atoms with Crippen molar-refractivity contribution in [2.75, 3.05) is 6.54 Å². The summed E-state index contributed by atoms with van der Waals surface area (Å²) in [5, 5.41) is 0. The third-order valence-electron chi connectivity index (χ3n) is 6.71. The van der Waals surface area contributed by atoms with Gasteiger partial charge < -0.3 is 9.88 Å². The van der Waals surface area contributed by atoms with Crippen LogP contribution < -0.4 is 5.69 Å². The summed E-state index contributed by atoms with van der Waals surface area (Å²) in [6, 6.07) is 9.65. The molecule has 1 aliphatic heterocycles. The fourth-order valence-electron chi connectivity index (χ4n) is 4.71. The van der Waals surface area contributed by atoms with Gasteiger partial charge in [0, 0.05) is 26.2 Å². The second-order valence-electron chi connectivity index (χ2n) is 8.69. The molecule has 2 aromatic carbocycles. The minimum atomic E-state index is -0.0942. The van der Waals surface area contributed by atoms with Gasteiger partial charge in [-0.15, -0.1) is 0 Å². The van der Waals surface area contributed by atoms with E-state index in [2.05, 4.69) is 31.0 Å². The Balaban J connectivity index is 1.53. The summed E-state index contributed by atoms with van der Waals surface area (Å²) in [5.41, 5.74) is 6.48. The lowest BCUT2D eigenvalue weighted by Gasteiger charge is -2.34. The summed E-state index contributed by atoms with van der Waals surface area (Å²) < 4.78 is 3.19. The summed E-state index contributed by atoms with van der Waals surface area (Å²) in [7, 11) is 3.48. The Kier molecular flexibility index (Phi) is 4.50. The van der Waals surface area contributed by atoms with Crippen LogP contribution in [0.4, 0.5) is 0 Å². The normalized spacial score (nSPS) is 17.0. The zero-order valence-corrected chi connectivity index (χ0v) is 18.4. The van der Waals surface area contributed by atoms with E-state index in [1.807, 2.05) is 23.1 Å². The van der Waals surface area contributed by atoms with Gasteiger partial charge in [0.05, 0.1) is 28.1 Å². The van der Waals surface area contributed by atoms with Crippen LogP contribution in [0.25, 0.3) is 22.1 Å². The predicted octanol–water partition coefficient (Wildman–Crippen LogP) is 3.74. The van der Waals surface area contributed by atoms with E-state index in [9.17, 15) is 9.59 Å². The molecule has 0 unspecified atom stereocenters. The molecule has 7 heteroatoms. The molecule has 7 nitrogen and oxygen atoms in total. The van der Waals surface area contributed by atoms with Crippen LogP contribution >= 0.6 is 0 Å². The highest BCUT2D eigenvalue weighted by Gasteiger charge is 2.31. The largest absolute Gasteiger partial charge is 0.340 e. The average molecular weight is 418 g/mol. The van der Waals surface area contributed by atoms with E-state index in [1.165, 1.54) is 11.1 Å². The van der Waals surface area contributed by atoms with Crippen molar-refractivity contribution in [3.05, 3.63) is 63.3 Å². The summed E-state index contributed by atoms with van der Waals surface area (Å²) >= 11 is 0. The van der Waals surface area contributed by atoms with Gasteiger partial charge in [0.1, 0.15) is 5.82 Å². The van der Waals surface area contributed by atoms with Gasteiger partial charge in [-0.25, -0.2) is 9.78 Å². The van der Waals surface area contributed by atoms with Crippen LogP contribution in [-0.4, -0.2) is 36.5 Å². The Hall–Kier alpha value is -3.35. The van der Waals surface area contributed by atoms with Crippen LogP contribution in [-0.2, 0) is 14.1 Å². The maximum absolute atomic E-state index is 13.5. The van der Waals surface area contributed by atoms with Crippen LogP contribution in [0, 0.1) is 13.8 Å². The Morgan fingerprint density at radius 3 is 2.58 bits per heavy atom. The molecule has 0 spiro atoms. The quantitative estimate of drug-likeness (QED) is 0.540. The average Bonchev–Trinajstić information content (AvgIpc) is 3.27. The van der Waals surface area contributed by atoms with E-state index in [-0.39, 0.29) is 17.6 Å². The Labute approximate surface area is 180 Å². The summed E-state index contributed by atoms with van der Waals surface area (Å²) in [6.07, 6.45) is 2.93. The lowest BCUT2D eigenvalue weighted by molar-refractivity contribution is 0.0601. The second-order valence-corrected chi connectivity index (χ2v) is 8.69. The van der Waals surface area contributed by atoms with Crippen LogP contribution in [0.2, 0.25) is 0 Å². The molecular weight excluding hydrogens is 390 g/mol. The number of H-pyrrole nitrogens is 1. The molecule has 4 aromatic rings.